The van der Waals surface area contributed by atoms with Gasteiger partial charge in [-0.15, -0.1) is 0 Å². The van der Waals surface area contributed by atoms with Crippen LogP contribution in [0.4, 0.5) is 0 Å². The number of hydrogen-bond acceptors (Lipinski definition) is 0. The summed E-state index contributed by atoms with van der Waals surface area (Å²) in [5.74, 6) is 0.666. The van der Waals surface area contributed by atoms with Gasteiger partial charge in [0.2, 0.25) is 0 Å². The summed E-state index contributed by atoms with van der Waals surface area (Å²) in [6, 6.07) is 8.93. The van der Waals surface area contributed by atoms with Gasteiger partial charge in [0.05, 0.1) is 0 Å². The van der Waals surface area contributed by atoms with Crippen LogP contribution in [0.3, 0.4) is 0 Å². The van der Waals surface area contributed by atoms with Crippen molar-refractivity contribution in [2.24, 2.45) is 0 Å². The van der Waals surface area contributed by atoms with Crippen LogP contribution in [-0.2, 0) is 23.2 Å². The van der Waals surface area contributed by atoms with Crippen molar-refractivity contribution in [3.05, 3.63) is 60.2 Å². The predicted molar refractivity (Wildman–Crippen MR) is 69.3 cm³/mol. The van der Waals surface area contributed by atoms with E-state index < -0.39 is 23.2 Å². The molecule has 3 heteroatoms. The maximum absolute atomic E-state index is 2.38. The quantitative estimate of drug-likeness (QED) is 0.593. The van der Waals surface area contributed by atoms with E-state index in [1.807, 2.05) is 0 Å². The van der Waals surface area contributed by atoms with Crippen LogP contribution in [0.15, 0.2) is 49.1 Å². The van der Waals surface area contributed by atoms with E-state index in [4.69, 9.17) is 0 Å². The Kier molecular flexibility index (Phi) is 6.31. The van der Waals surface area contributed by atoms with Crippen LogP contribution in [0.2, 0.25) is 0 Å². The molecule has 0 bridgehead atoms. The molecular formula is C16H16Cl2Zr. The van der Waals surface area contributed by atoms with Gasteiger partial charge in [0.15, 0.2) is 0 Å². The molecule has 1 atom stereocenters. The summed E-state index contributed by atoms with van der Waals surface area (Å²) in [7, 11) is 0. The van der Waals surface area contributed by atoms with E-state index in [1.54, 1.807) is 17.7 Å². The average Bonchev–Trinajstić information content (AvgIpc) is 2.94. The summed E-state index contributed by atoms with van der Waals surface area (Å²) in [6.07, 6.45) is 8.08. The predicted octanol–water partition coefficient (Wildman–Crippen LogP) is -1.53. The van der Waals surface area contributed by atoms with E-state index in [0.29, 0.717) is 5.92 Å². The second-order valence-electron chi connectivity index (χ2n) is 4.80. The Balaban J connectivity index is 0.000000902. The first kappa shape index (κ1) is 17.0. The molecule has 2 aliphatic carbocycles. The molecular weight excluding hydrogens is 354 g/mol. The fourth-order valence-corrected chi connectivity index (χ4v) is 6.29. The van der Waals surface area contributed by atoms with Crippen LogP contribution in [0.25, 0.3) is 5.57 Å². The fraction of sp³-hybridized carbons (Fsp3) is 0.250. The van der Waals surface area contributed by atoms with Gasteiger partial charge < -0.3 is 24.8 Å². The zero-order chi connectivity index (χ0) is 11.8. The van der Waals surface area contributed by atoms with E-state index in [9.17, 15) is 0 Å². The first-order valence-electron chi connectivity index (χ1n) is 6.20. The molecule has 2 aliphatic rings. The minimum absolute atomic E-state index is 0. The van der Waals surface area contributed by atoms with Gasteiger partial charge in [-0.3, -0.25) is 0 Å². The first-order valence-corrected chi connectivity index (χ1v) is 8.66. The molecule has 3 rings (SSSR count). The van der Waals surface area contributed by atoms with Crippen molar-refractivity contribution in [2.45, 2.75) is 26.2 Å². The van der Waals surface area contributed by atoms with Gasteiger partial charge in [-0.25, -0.2) is 0 Å². The maximum atomic E-state index is 2.38. The second-order valence-corrected chi connectivity index (χ2v) is 8.31. The van der Waals surface area contributed by atoms with Gasteiger partial charge in [0.1, 0.15) is 0 Å². The van der Waals surface area contributed by atoms with E-state index >= 15 is 0 Å². The van der Waals surface area contributed by atoms with Gasteiger partial charge in [0.25, 0.3) is 0 Å². The molecule has 0 saturated heterocycles. The van der Waals surface area contributed by atoms with Crippen molar-refractivity contribution in [3.8, 4) is 0 Å². The van der Waals surface area contributed by atoms with Crippen molar-refractivity contribution in [1.82, 2.24) is 0 Å². The number of allylic oxidation sites excluding steroid dienone is 6. The summed E-state index contributed by atoms with van der Waals surface area (Å²) in [4.78, 5) is 0. The Morgan fingerprint density at radius 2 is 1.89 bits per heavy atom. The third-order valence-electron chi connectivity index (χ3n) is 3.73. The molecule has 0 heterocycles. The third-order valence-corrected chi connectivity index (χ3v) is 8.08. The van der Waals surface area contributed by atoms with Gasteiger partial charge in [-0.1, -0.05) is 0 Å². The molecule has 0 fully saturated rings. The Morgan fingerprint density at radius 3 is 2.53 bits per heavy atom. The van der Waals surface area contributed by atoms with Crippen LogP contribution >= 0.6 is 0 Å². The van der Waals surface area contributed by atoms with Crippen molar-refractivity contribution in [3.63, 3.8) is 0 Å². The van der Waals surface area contributed by atoms with Crippen LogP contribution in [0.1, 0.15) is 37.3 Å². The number of halogens is 2. The van der Waals surface area contributed by atoms with Crippen LogP contribution < -0.4 is 24.8 Å². The summed E-state index contributed by atoms with van der Waals surface area (Å²) in [6.45, 7) is 4.70. The Bertz CT molecular complexity index is 556. The van der Waals surface area contributed by atoms with Crippen LogP contribution in [0, 0.1) is 0 Å². The van der Waals surface area contributed by atoms with Crippen molar-refractivity contribution < 1.29 is 48.0 Å². The Hall–Kier alpha value is -0.0969. The molecule has 19 heavy (non-hydrogen) atoms. The van der Waals surface area contributed by atoms with Gasteiger partial charge in [-0.05, 0) is 0 Å². The largest absolute Gasteiger partial charge is 1.00 e. The summed E-state index contributed by atoms with van der Waals surface area (Å²) >= 11 is -0.522. The minimum Gasteiger partial charge on any atom is -1.00 e. The molecule has 98 valence electrons. The van der Waals surface area contributed by atoms with Gasteiger partial charge in [0, 0.05) is 0 Å². The van der Waals surface area contributed by atoms with Crippen molar-refractivity contribution >= 4 is 5.57 Å². The monoisotopic (exact) mass is 368 g/mol. The molecule has 1 aromatic rings. The molecule has 0 amide bonds. The van der Waals surface area contributed by atoms with E-state index in [-0.39, 0.29) is 24.8 Å². The number of rotatable bonds is 2. The zero-order valence-corrected chi connectivity index (χ0v) is 15.1. The van der Waals surface area contributed by atoms with Crippen LogP contribution in [0.5, 0.6) is 0 Å². The average molecular weight is 370 g/mol. The molecule has 0 aliphatic heterocycles. The molecule has 1 unspecified atom stereocenters. The number of hydrogen-bond donors (Lipinski definition) is 0. The van der Waals surface area contributed by atoms with E-state index in [0.717, 1.165) is 0 Å². The number of benzene rings is 1. The molecule has 0 spiro atoms. The summed E-state index contributed by atoms with van der Waals surface area (Å²) in [5.41, 5.74) is 4.63. The van der Waals surface area contributed by atoms with Gasteiger partial charge >= 0.3 is 115 Å². The minimum atomic E-state index is -0.522. The first-order chi connectivity index (χ1) is 8.27. The SMILES string of the molecule is CC1=[C]([Zr+2][C]2=CC=CC2)C(C)c2ccccc21.[Cl-].[Cl-]. The molecule has 0 nitrogen and oxygen atoms in total. The molecule has 0 saturated carbocycles. The second kappa shape index (κ2) is 7.07. The van der Waals surface area contributed by atoms with Gasteiger partial charge in [-0.2, -0.15) is 0 Å². The molecule has 0 N–H and O–H groups in total. The normalized spacial score (nSPS) is 19.3. The Labute approximate surface area is 139 Å². The third kappa shape index (κ3) is 3.15. The van der Waals surface area contributed by atoms with Crippen molar-refractivity contribution in [2.75, 3.05) is 0 Å². The number of fused-ring (bicyclic) bond motifs is 1. The molecule has 1 aromatic carbocycles. The maximum Gasteiger partial charge on any atom is -1.00 e. The van der Waals surface area contributed by atoms with Crippen LogP contribution in [-0.4, -0.2) is 0 Å². The van der Waals surface area contributed by atoms with E-state index in [1.165, 1.54) is 12.0 Å². The van der Waals surface area contributed by atoms with Crippen molar-refractivity contribution in [1.29, 1.82) is 0 Å². The standard InChI is InChI=1S/C11H11.C5H5.2ClH.Zr/c1-8-7-9(2)11-6-4-3-5-10(8)11;1-2-4-5-3-1;;;/h3-6,8H,1-2H3;1-3H,4H2;2*1H;/q;;;;+2/p-2. The topological polar surface area (TPSA) is 0 Å². The summed E-state index contributed by atoms with van der Waals surface area (Å²) in [5, 5.41) is 0. The zero-order valence-electron chi connectivity index (χ0n) is 11.1. The molecule has 0 radical (unpaired) electrons. The summed E-state index contributed by atoms with van der Waals surface area (Å²) < 4.78 is 3.51. The fourth-order valence-electron chi connectivity index (χ4n) is 2.76. The molecule has 0 aromatic heterocycles. The smallest absolute Gasteiger partial charge is 1.00 e. The Morgan fingerprint density at radius 1 is 1.16 bits per heavy atom. The van der Waals surface area contributed by atoms with E-state index in [2.05, 4.69) is 56.3 Å².